The first kappa shape index (κ1) is 14.5. The van der Waals surface area contributed by atoms with Gasteiger partial charge in [0.25, 0.3) is 0 Å². The third kappa shape index (κ3) is 2.67. The van der Waals surface area contributed by atoms with Crippen LogP contribution in [-0.2, 0) is 11.3 Å². The number of aromatic nitrogens is 1. The van der Waals surface area contributed by atoms with Crippen molar-refractivity contribution < 1.29 is 9.32 Å². The van der Waals surface area contributed by atoms with Gasteiger partial charge in [-0.25, -0.2) is 0 Å². The highest BCUT2D eigenvalue weighted by Crippen LogP contribution is 2.33. The summed E-state index contributed by atoms with van der Waals surface area (Å²) in [5, 5.41) is 7.19. The highest BCUT2D eigenvalue weighted by atomic mass is 32.1. The Hall–Kier alpha value is -2.40. The molecular formula is C17H16N2O2S. The fraction of sp³-hybridized carbons (Fsp3) is 0.176. The van der Waals surface area contributed by atoms with Crippen molar-refractivity contribution in [2.24, 2.45) is 0 Å². The minimum atomic E-state index is -0.120. The van der Waals surface area contributed by atoms with Gasteiger partial charge in [0.1, 0.15) is 12.0 Å². The van der Waals surface area contributed by atoms with Crippen molar-refractivity contribution in [3.8, 4) is 0 Å². The van der Waals surface area contributed by atoms with Gasteiger partial charge in [-0.3, -0.25) is 4.79 Å². The van der Waals surface area contributed by atoms with Gasteiger partial charge in [-0.1, -0.05) is 29.9 Å². The Kier molecular flexibility index (Phi) is 4.06. The summed E-state index contributed by atoms with van der Waals surface area (Å²) in [4.78, 5) is 14.0. The van der Waals surface area contributed by atoms with Gasteiger partial charge in [-0.15, -0.1) is 11.3 Å². The van der Waals surface area contributed by atoms with E-state index in [4.69, 9.17) is 4.52 Å². The number of carbonyl (C=O) groups excluding carboxylic acids is 1. The highest BCUT2D eigenvalue weighted by molar-refractivity contribution is 7.17. The van der Waals surface area contributed by atoms with Crippen molar-refractivity contribution >= 4 is 27.3 Å². The molecular weight excluding hydrogens is 296 g/mol. The quantitative estimate of drug-likeness (QED) is 0.664. The molecule has 2 heterocycles. The van der Waals surface area contributed by atoms with Gasteiger partial charge in [0.15, 0.2) is 0 Å². The Morgan fingerprint density at radius 2 is 2.27 bits per heavy atom. The highest BCUT2D eigenvalue weighted by Gasteiger charge is 2.23. The maximum absolute atomic E-state index is 12.3. The van der Waals surface area contributed by atoms with Gasteiger partial charge < -0.3 is 9.42 Å². The largest absolute Gasteiger partial charge is 0.364 e. The van der Waals surface area contributed by atoms with E-state index in [-0.39, 0.29) is 11.9 Å². The van der Waals surface area contributed by atoms with E-state index in [0.717, 1.165) is 11.3 Å². The average Bonchev–Trinajstić information content (AvgIpc) is 3.20. The van der Waals surface area contributed by atoms with Crippen LogP contribution in [0.1, 0.15) is 24.2 Å². The lowest BCUT2D eigenvalue weighted by atomic mass is 10.1. The Morgan fingerprint density at radius 3 is 3.00 bits per heavy atom. The molecule has 112 valence electrons. The molecule has 3 rings (SSSR count). The molecule has 5 heteroatoms. The predicted octanol–water partition coefficient (Wildman–Crippen LogP) is 4.17. The molecule has 3 aromatic rings. The predicted molar refractivity (Wildman–Crippen MR) is 87.5 cm³/mol. The zero-order chi connectivity index (χ0) is 15.5. The first-order valence-electron chi connectivity index (χ1n) is 6.99. The summed E-state index contributed by atoms with van der Waals surface area (Å²) < 4.78 is 6.08. The number of hydrogen-bond donors (Lipinski definition) is 0. The zero-order valence-electron chi connectivity index (χ0n) is 12.2. The Labute approximate surface area is 132 Å². The Bertz CT molecular complexity index is 792. The van der Waals surface area contributed by atoms with Gasteiger partial charge >= 0.3 is 0 Å². The van der Waals surface area contributed by atoms with Crippen molar-refractivity contribution in [2.45, 2.75) is 19.5 Å². The first-order chi connectivity index (χ1) is 10.7. The topological polar surface area (TPSA) is 46.3 Å². The Balaban J connectivity index is 1.96. The number of nitrogens with zero attached hydrogens (tertiary/aromatic N) is 2. The standard InChI is InChI=1S/C17H16N2O2S/c1-3-17(20)19(10-13-8-9-21-18-13)12(2)15-11-22-16-7-5-4-6-14(15)16/h3-9,11-12H,1,10H2,2H3/t12-/m0/s1. The van der Waals surface area contributed by atoms with E-state index in [1.54, 1.807) is 22.3 Å². The molecule has 0 N–H and O–H groups in total. The van der Waals surface area contributed by atoms with Crippen molar-refractivity contribution in [3.05, 3.63) is 65.9 Å². The molecule has 4 nitrogen and oxygen atoms in total. The summed E-state index contributed by atoms with van der Waals surface area (Å²) in [5.74, 6) is -0.120. The van der Waals surface area contributed by atoms with Crippen LogP contribution in [0, 0.1) is 0 Å². The molecule has 0 saturated heterocycles. The van der Waals surface area contributed by atoms with Gasteiger partial charge in [-0.2, -0.15) is 0 Å². The third-order valence-corrected chi connectivity index (χ3v) is 4.69. The lowest BCUT2D eigenvalue weighted by Gasteiger charge is -2.27. The molecule has 22 heavy (non-hydrogen) atoms. The van der Waals surface area contributed by atoms with E-state index in [1.807, 2.05) is 19.1 Å². The number of carbonyl (C=O) groups is 1. The van der Waals surface area contributed by atoms with Crippen LogP contribution in [0.2, 0.25) is 0 Å². The summed E-state index contributed by atoms with van der Waals surface area (Å²) in [7, 11) is 0. The van der Waals surface area contributed by atoms with E-state index in [1.165, 1.54) is 22.4 Å². The summed E-state index contributed by atoms with van der Waals surface area (Å²) >= 11 is 1.69. The smallest absolute Gasteiger partial charge is 0.246 e. The molecule has 1 amide bonds. The molecule has 0 unspecified atom stereocenters. The van der Waals surface area contributed by atoms with E-state index < -0.39 is 0 Å². The maximum Gasteiger partial charge on any atom is 0.246 e. The van der Waals surface area contributed by atoms with E-state index in [9.17, 15) is 4.79 Å². The summed E-state index contributed by atoms with van der Waals surface area (Å²) in [6.45, 7) is 6.02. The summed E-state index contributed by atoms with van der Waals surface area (Å²) in [6, 6.07) is 9.91. The SMILES string of the molecule is C=CC(=O)N(Cc1ccon1)[C@@H](C)c1csc2ccccc12. The molecule has 0 fully saturated rings. The number of fused-ring (bicyclic) bond motifs is 1. The van der Waals surface area contributed by atoms with Crippen molar-refractivity contribution in [1.29, 1.82) is 0 Å². The van der Waals surface area contributed by atoms with E-state index in [0.29, 0.717) is 6.54 Å². The van der Waals surface area contributed by atoms with Gasteiger partial charge in [0.2, 0.25) is 5.91 Å². The van der Waals surface area contributed by atoms with E-state index in [2.05, 4.69) is 29.2 Å². The fourth-order valence-corrected chi connectivity index (χ4v) is 3.55. The van der Waals surface area contributed by atoms with Crippen LogP contribution in [0.25, 0.3) is 10.1 Å². The second-order valence-corrected chi connectivity index (χ2v) is 5.94. The molecule has 1 aromatic carbocycles. The minimum Gasteiger partial charge on any atom is -0.364 e. The molecule has 0 radical (unpaired) electrons. The number of hydrogen-bond acceptors (Lipinski definition) is 4. The van der Waals surface area contributed by atoms with Crippen LogP contribution >= 0.6 is 11.3 Å². The second-order valence-electron chi connectivity index (χ2n) is 5.02. The summed E-state index contributed by atoms with van der Waals surface area (Å²) in [6.07, 6.45) is 2.85. The monoisotopic (exact) mass is 312 g/mol. The molecule has 0 aliphatic carbocycles. The second kappa shape index (κ2) is 6.15. The van der Waals surface area contributed by atoms with Crippen LogP contribution < -0.4 is 0 Å². The number of benzene rings is 1. The van der Waals surface area contributed by atoms with Crippen molar-refractivity contribution in [2.75, 3.05) is 0 Å². The normalized spacial score (nSPS) is 12.2. The lowest BCUT2D eigenvalue weighted by Crippen LogP contribution is -2.31. The van der Waals surface area contributed by atoms with Crippen LogP contribution in [0.3, 0.4) is 0 Å². The van der Waals surface area contributed by atoms with Gasteiger partial charge in [0, 0.05) is 10.8 Å². The van der Waals surface area contributed by atoms with Crippen molar-refractivity contribution in [3.63, 3.8) is 0 Å². The van der Waals surface area contributed by atoms with Gasteiger partial charge in [-0.05, 0) is 35.4 Å². The molecule has 2 aromatic heterocycles. The van der Waals surface area contributed by atoms with Crippen LogP contribution in [0.4, 0.5) is 0 Å². The fourth-order valence-electron chi connectivity index (χ4n) is 2.51. The molecule has 0 bridgehead atoms. The third-order valence-electron chi connectivity index (χ3n) is 3.71. The van der Waals surface area contributed by atoms with Crippen LogP contribution in [-0.4, -0.2) is 16.0 Å². The first-order valence-corrected chi connectivity index (χ1v) is 7.87. The molecule has 0 aliphatic rings. The van der Waals surface area contributed by atoms with Crippen LogP contribution in [0.5, 0.6) is 0 Å². The molecule has 0 aliphatic heterocycles. The number of thiophene rings is 1. The molecule has 1 atom stereocenters. The number of rotatable bonds is 5. The maximum atomic E-state index is 12.3. The van der Waals surface area contributed by atoms with Gasteiger partial charge in [0.05, 0.1) is 12.6 Å². The minimum absolute atomic E-state index is 0.0710. The average molecular weight is 312 g/mol. The Morgan fingerprint density at radius 1 is 1.45 bits per heavy atom. The number of amides is 1. The zero-order valence-corrected chi connectivity index (χ0v) is 13.0. The van der Waals surface area contributed by atoms with Crippen molar-refractivity contribution in [1.82, 2.24) is 10.1 Å². The summed E-state index contributed by atoms with van der Waals surface area (Å²) in [5.41, 5.74) is 1.86. The molecule has 0 saturated carbocycles. The lowest BCUT2D eigenvalue weighted by molar-refractivity contribution is -0.128. The molecule has 0 spiro atoms. The van der Waals surface area contributed by atoms with E-state index >= 15 is 0 Å². The van der Waals surface area contributed by atoms with Crippen LogP contribution in [0.15, 0.2) is 59.2 Å².